The van der Waals surface area contributed by atoms with E-state index in [0.717, 1.165) is 10.4 Å². The van der Waals surface area contributed by atoms with Gasteiger partial charge in [-0.15, -0.1) is 11.3 Å². The summed E-state index contributed by atoms with van der Waals surface area (Å²) in [5.74, 6) is -1.61. The minimum absolute atomic E-state index is 0.0565. The van der Waals surface area contributed by atoms with Gasteiger partial charge in [-0.25, -0.2) is 4.39 Å². The summed E-state index contributed by atoms with van der Waals surface area (Å²) in [7, 11) is 0. The smallest absolute Gasteiger partial charge is 0.279 e. The highest BCUT2D eigenvalue weighted by Gasteiger charge is 2.14. The van der Waals surface area contributed by atoms with E-state index >= 15 is 0 Å². The van der Waals surface area contributed by atoms with Crippen molar-refractivity contribution < 1.29 is 19.1 Å². The Kier molecular flexibility index (Phi) is 4.76. The summed E-state index contributed by atoms with van der Waals surface area (Å²) < 4.78 is 13.0. The predicted octanol–water partition coefficient (Wildman–Crippen LogP) is 3.33. The van der Waals surface area contributed by atoms with E-state index in [1.807, 2.05) is 0 Å². The zero-order chi connectivity index (χ0) is 17.8. The molecule has 0 fully saturated rings. The first-order valence-corrected chi connectivity index (χ1v) is 8.10. The summed E-state index contributed by atoms with van der Waals surface area (Å²) >= 11 is 1.22. The molecule has 0 atom stereocenters. The number of hydrazine groups is 1. The molecule has 0 unspecified atom stereocenters. The first-order valence-electron chi connectivity index (χ1n) is 7.29. The highest BCUT2D eigenvalue weighted by atomic mass is 32.1. The zero-order valence-corrected chi connectivity index (χ0v) is 13.6. The van der Waals surface area contributed by atoms with Crippen molar-refractivity contribution in [2.45, 2.75) is 0 Å². The molecule has 0 radical (unpaired) electrons. The molecule has 0 saturated carbocycles. The number of hydrogen-bond acceptors (Lipinski definition) is 4. The van der Waals surface area contributed by atoms with Crippen molar-refractivity contribution in [3.05, 3.63) is 76.9 Å². The Labute approximate surface area is 146 Å². The van der Waals surface area contributed by atoms with Crippen LogP contribution in [0.4, 0.5) is 4.39 Å². The number of hydrogen-bond donors (Lipinski definition) is 3. The zero-order valence-electron chi connectivity index (χ0n) is 12.8. The van der Waals surface area contributed by atoms with Gasteiger partial charge in [-0.1, -0.05) is 24.3 Å². The summed E-state index contributed by atoms with van der Waals surface area (Å²) in [6.07, 6.45) is 0. The van der Waals surface area contributed by atoms with Crippen molar-refractivity contribution in [1.29, 1.82) is 0 Å². The van der Waals surface area contributed by atoms with Crippen LogP contribution in [0.3, 0.4) is 0 Å². The number of nitrogens with one attached hydrogen (secondary N) is 2. The van der Waals surface area contributed by atoms with Crippen molar-refractivity contribution in [3.63, 3.8) is 0 Å². The average molecular weight is 356 g/mol. The highest BCUT2D eigenvalue weighted by Crippen LogP contribution is 2.28. The maximum Gasteiger partial charge on any atom is 0.279 e. The van der Waals surface area contributed by atoms with Gasteiger partial charge in [-0.2, -0.15) is 0 Å². The van der Waals surface area contributed by atoms with Crippen LogP contribution < -0.4 is 10.9 Å². The number of phenols is 1. The maximum absolute atomic E-state index is 13.0. The maximum atomic E-state index is 13.0. The Morgan fingerprint density at radius 3 is 2.28 bits per heavy atom. The average Bonchev–Trinajstić information content (AvgIpc) is 3.10. The van der Waals surface area contributed by atoms with Gasteiger partial charge in [-0.3, -0.25) is 20.4 Å². The van der Waals surface area contributed by atoms with Gasteiger partial charge in [0.1, 0.15) is 11.6 Å². The summed E-state index contributed by atoms with van der Waals surface area (Å²) in [6.45, 7) is 0. The molecular formula is C18H13FN2O3S. The third kappa shape index (κ3) is 3.84. The van der Waals surface area contributed by atoms with Crippen molar-refractivity contribution in [3.8, 4) is 16.2 Å². The molecule has 0 bridgehead atoms. The number of benzene rings is 2. The van der Waals surface area contributed by atoms with Crippen molar-refractivity contribution in [2.75, 3.05) is 0 Å². The number of phenolic OH excluding ortho intramolecular Hbond substituents is 1. The molecule has 25 heavy (non-hydrogen) atoms. The molecular weight excluding hydrogens is 343 g/mol. The van der Waals surface area contributed by atoms with Crippen LogP contribution in [0.5, 0.6) is 5.75 Å². The molecule has 0 aliphatic heterocycles. The largest absolute Gasteiger partial charge is 0.507 e. The molecule has 2 aromatic carbocycles. The van der Waals surface area contributed by atoms with Crippen molar-refractivity contribution in [1.82, 2.24) is 10.9 Å². The fourth-order valence-corrected chi connectivity index (χ4v) is 3.04. The van der Waals surface area contributed by atoms with Gasteiger partial charge in [-0.05, 0) is 42.0 Å². The fraction of sp³-hybridized carbons (Fsp3) is 0. The molecule has 1 heterocycles. The molecule has 0 aliphatic carbocycles. The Bertz CT molecular complexity index is 922. The van der Waals surface area contributed by atoms with Gasteiger partial charge in [0.25, 0.3) is 11.8 Å². The molecule has 0 saturated heterocycles. The minimum atomic E-state index is -0.623. The highest BCUT2D eigenvalue weighted by molar-refractivity contribution is 7.17. The van der Waals surface area contributed by atoms with Crippen LogP contribution in [0.25, 0.3) is 10.4 Å². The number of thiophene rings is 1. The molecule has 0 aliphatic rings. The third-order valence-electron chi connectivity index (χ3n) is 3.40. The van der Waals surface area contributed by atoms with Crippen molar-refractivity contribution in [2.24, 2.45) is 0 Å². The molecule has 2 amide bonds. The van der Waals surface area contributed by atoms with Crippen LogP contribution in [0.15, 0.2) is 60.7 Å². The van der Waals surface area contributed by atoms with E-state index in [9.17, 15) is 19.1 Å². The van der Waals surface area contributed by atoms with Crippen LogP contribution in [0.1, 0.15) is 20.0 Å². The monoisotopic (exact) mass is 356 g/mol. The van der Waals surface area contributed by atoms with Gasteiger partial charge in [0.05, 0.1) is 10.4 Å². The molecule has 5 nitrogen and oxygen atoms in total. The molecule has 3 aromatic rings. The normalized spacial score (nSPS) is 10.3. The second-order valence-electron chi connectivity index (χ2n) is 5.10. The number of carbonyl (C=O) groups is 2. The second kappa shape index (κ2) is 7.14. The molecule has 0 spiro atoms. The van der Waals surface area contributed by atoms with E-state index in [4.69, 9.17) is 0 Å². The molecule has 1 aromatic heterocycles. The van der Waals surface area contributed by atoms with E-state index in [0.29, 0.717) is 4.88 Å². The Morgan fingerprint density at radius 2 is 1.56 bits per heavy atom. The van der Waals surface area contributed by atoms with E-state index in [1.54, 1.807) is 36.4 Å². The van der Waals surface area contributed by atoms with Gasteiger partial charge in [0.2, 0.25) is 0 Å². The standard InChI is InChI=1S/C18H13FN2O3S/c19-12-7-5-11(6-8-12)15-9-10-16(25-15)18(24)21-20-17(23)13-3-1-2-4-14(13)22/h1-10,22H,(H,20,23)(H,21,24). The summed E-state index contributed by atoms with van der Waals surface area (Å²) in [6, 6.07) is 15.3. The fourth-order valence-electron chi connectivity index (χ4n) is 2.14. The number of halogens is 1. The lowest BCUT2D eigenvalue weighted by atomic mass is 10.2. The molecule has 3 rings (SSSR count). The number of carbonyl (C=O) groups excluding carboxylic acids is 2. The lowest BCUT2D eigenvalue weighted by Gasteiger charge is -2.07. The van der Waals surface area contributed by atoms with Crippen LogP contribution in [-0.4, -0.2) is 16.9 Å². The Hall–Kier alpha value is -3.19. The van der Waals surface area contributed by atoms with E-state index in [2.05, 4.69) is 10.9 Å². The Balaban J connectivity index is 1.65. The number of amides is 2. The lowest BCUT2D eigenvalue weighted by molar-refractivity contribution is 0.0847. The van der Waals surface area contributed by atoms with Gasteiger partial charge in [0, 0.05) is 4.88 Å². The molecule has 3 N–H and O–H groups in total. The SMILES string of the molecule is O=C(NNC(=O)c1ccccc1O)c1ccc(-c2ccc(F)cc2)s1. The van der Waals surface area contributed by atoms with Gasteiger partial charge < -0.3 is 5.11 Å². The summed E-state index contributed by atoms with van der Waals surface area (Å²) in [5.41, 5.74) is 5.40. The number of aromatic hydroxyl groups is 1. The number of rotatable bonds is 3. The van der Waals surface area contributed by atoms with Crippen LogP contribution in [-0.2, 0) is 0 Å². The predicted molar refractivity (Wildman–Crippen MR) is 92.8 cm³/mol. The quantitative estimate of drug-likeness (QED) is 0.630. The molecule has 126 valence electrons. The van der Waals surface area contributed by atoms with Crippen LogP contribution in [0, 0.1) is 5.82 Å². The molecule has 7 heteroatoms. The summed E-state index contributed by atoms with van der Waals surface area (Å²) in [5, 5.41) is 9.61. The topological polar surface area (TPSA) is 78.4 Å². The lowest BCUT2D eigenvalue weighted by Crippen LogP contribution is -2.41. The second-order valence-corrected chi connectivity index (χ2v) is 6.18. The third-order valence-corrected chi connectivity index (χ3v) is 4.53. The first kappa shape index (κ1) is 16.7. The van der Waals surface area contributed by atoms with Crippen molar-refractivity contribution >= 4 is 23.2 Å². The van der Waals surface area contributed by atoms with E-state index in [1.165, 1.54) is 35.6 Å². The van der Waals surface area contributed by atoms with Crippen LogP contribution in [0.2, 0.25) is 0 Å². The van der Waals surface area contributed by atoms with Gasteiger partial charge >= 0.3 is 0 Å². The number of para-hydroxylation sites is 1. The van der Waals surface area contributed by atoms with Crippen LogP contribution >= 0.6 is 11.3 Å². The first-order chi connectivity index (χ1) is 12.0. The van der Waals surface area contributed by atoms with E-state index < -0.39 is 11.8 Å². The Morgan fingerprint density at radius 1 is 0.880 bits per heavy atom. The minimum Gasteiger partial charge on any atom is -0.507 e. The van der Waals surface area contributed by atoms with Gasteiger partial charge in [0.15, 0.2) is 0 Å². The summed E-state index contributed by atoms with van der Waals surface area (Å²) in [4.78, 5) is 25.3. The van der Waals surface area contributed by atoms with E-state index in [-0.39, 0.29) is 17.1 Å².